The van der Waals surface area contributed by atoms with Gasteiger partial charge in [-0.25, -0.2) is 8.42 Å². The van der Waals surface area contributed by atoms with Crippen molar-refractivity contribution in [1.29, 1.82) is 0 Å². The van der Waals surface area contributed by atoms with E-state index in [1.165, 1.54) is 4.31 Å². The second-order valence-electron chi connectivity index (χ2n) is 6.67. The number of carbonyl (C=O) groups is 1. The highest BCUT2D eigenvalue weighted by molar-refractivity contribution is 9.10. The van der Waals surface area contributed by atoms with Crippen molar-refractivity contribution in [3.05, 3.63) is 58.5 Å². The molecule has 28 heavy (non-hydrogen) atoms. The first kappa shape index (κ1) is 19.1. The molecule has 1 saturated heterocycles. The van der Waals surface area contributed by atoms with E-state index in [9.17, 15) is 13.2 Å². The van der Waals surface area contributed by atoms with Gasteiger partial charge in [-0.2, -0.15) is 4.31 Å². The molecular weight excluding hydrogens is 444 g/mol. The molecule has 1 aliphatic rings. The van der Waals surface area contributed by atoms with Crippen molar-refractivity contribution in [3.63, 3.8) is 0 Å². The molecule has 1 fully saturated rings. The number of halogens is 1. The molecule has 9 heteroatoms. The molecule has 3 aromatic rings. The number of H-pyrrole nitrogens is 1. The van der Waals surface area contributed by atoms with Crippen molar-refractivity contribution in [2.24, 2.45) is 0 Å². The SMILES string of the molecule is O=C(NCc1cccnc1)c1[nH]c2ccc(Br)cc2c1S(=O)(=O)N1CCCC1. The fourth-order valence-corrected chi connectivity index (χ4v) is 5.60. The lowest BCUT2D eigenvalue weighted by molar-refractivity contribution is 0.0943. The van der Waals surface area contributed by atoms with E-state index in [-0.39, 0.29) is 17.1 Å². The first-order valence-corrected chi connectivity index (χ1v) is 11.2. The number of nitrogens with zero attached hydrogens (tertiary/aromatic N) is 2. The molecule has 0 unspecified atom stereocenters. The summed E-state index contributed by atoms with van der Waals surface area (Å²) in [7, 11) is -3.79. The summed E-state index contributed by atoms with van der Waals surface area (Å²) in [5, 5.41) is 3.30. The van der Waals surface area contributed by atoms with Crippen molar-refractivity contribution < 1.29 is 13.2 Å². The van der Waals surface area contributed by atoms with E-state index in [4.69, 9.17) is 0 Å². The number of nitrogens with one attached hydrogen (secondary N) is 2. The molecule has 1 amide bonds. The topological polar surface area (TPSA) is 95.2 Å². The zero-order valence-electron chi connectivity index (χ0n) is 15.0. The summed E-state index contributed by atoms with van der Waals surface area (Å²) in [6, 6.07) is 8.93. The average molecular weight is 463 g/mol. The molecule has 0 atom stereocenters. The molecule has 4 rings (SSSR count). The normalized spacial score (nSPS) is 15.2. The van der Waals surface area contributed by atoms with E-state index in [0.717, 1.165) is 22.9 Å². The molecule has 2 N–H and O–H groups in total. The molecule has 1 aromatic carbocycles. The molecule has 1 aliphatic heterocycles. The van der Waals surface area contributed by atoms with Gasteiger partial charge in [0.1, 0.15) is 10.6 Å². The number of pyridine rings is 1. The minimum absolute atomic E-state index is 0.0365. The Morgan fingerprint density at radius 2 is 2.04 bits per heavy atom. The lowest BCUT2D eigenvalue weighted by Gasteiger charge is -2.16. The van der Waals surface area contributed by atoms with E-state index < -0.39 is 15.9 Å². The minimum Gasteiger partial charge on any atom is -0.349 e. The third kappa shape index (κ3) is 3.57. The number of aromatic nitrogens is 2. The molecule has 2 aromatic heterocycles. The highest BCUT2D eigenvalue weighted by Gasteiger charge is 2.34. The second kappa shape index (κ2) is 7.65. The number of hydrogen-bond donors (Lipinski definition) is 2. The molecule has 146 valence electrons. The summed E-state index contributed by atoms with van der Waals surface area (Å²) >= 11 is 3.39. The van der Waals surface area contributed by atoms with Crippen LogP contribution >= 0.6 is 15.9 Å². The Kier molecular flexibility index (Phi) is 5.22. The van der Waals surface area contributed by atoms with Crippen LogP contribution in [0.1, 0.15) is 28.9 Å². The Balaban J connectivity index is 1.76. The predicted octanol–water partition coefficient (Wildman–Crippen LogP) is 3.04. The van der Waals surface area contributed by atoms with Gasteiger partial charge in [0.05, 0.1) is 0 Å². The standard InChI is InChI=1S/C19H19BrN4O3S/c20-14-5-6-16-15(10-14)18(28(26,27)24-8-1-2-9-24)17(23-16)19(25)22-12-13-4-3-7-21-11-13/h3-7,10-11,23H,1-2,8-9,12H2,(H,22,25). The number of carbonyl (C=O) groups excluding carboxylic acids is 1. The Labute approximate surface area is 171 Å². The number of rotatable bonds is 5. The third-order valence-electron chi connectivity index (χ3n) is 4.78. The predicted molar refractivity (Wildman–Crippen MR) is 109 cm³/mol. The summed E-state index contributed by atoms with van der Waals surface area (Å²) in [5.74, 6) is -0.464. The van der Waals surface area contributed by atoms with Gasteiger partial charge in [0.2, 0.25) is 10.0 Å². The van der Waals surface area contributed by atoms with Crippen molar-refractivity contribution >= 4 is 42.8 Å². The molecule has 0 bridgehead atoms. The number of aromatic amines is 1. The fraction of sp³-hybridized carbons (Fsp3) is 0.263. The van der Waals surface area contributed by atoms with Crippen molar-refractivity contribution in [2.45, 2.75) is 24.3 Å². The average Bonchev–Trinajstić information content (AvgIpc) is 3.35. The van der Waals surface area contributed by atoms with Gasteiger partial charge in [-0.3, -0.25) is 9.78 Å². The van der Waals surface area contributed by atoms with Gasteiger partial charge in [0, 0.05) is 47.4 Å². The van der Waals surface area contributed by atoms with E-state index in [1.807, 2.05) is 12.1 Å². The molecule has 7 nitrogen and oxygen atoms in total. The van der Waals surface area contributed by atoms with Gasteiger partial charge in [-0.15, -0.1) is 0 Å². The Hall–Kier alpha value is -2.23. The quantitative estimate of drug-likeness (QED) is 0.608. The molecule has 3 heterocycles. The van der Waals surface area contributed by atoms with Crippen LogP contribution < -0.4 is 5.32 Å². The molecule has 0 aliphatic carbocycles. The van der Waals surface area contributed by atoms with Gasteiger partial charge in [-0.05, 0) is 42.7 Å². The monoisotopic (exact) mass is 462 g/mol. The third-order valence-corrected chi connectivity index (χ3v) is 7.26. The number of sulfonamides is 1. The van der Waals surface area contributed by atoms with Gasteiger partial charge in [-0.1, -0.05) is 22.0 Å². The highest BCUT2D eigenvalue weighted by Crippen LogP contribution is 2.33. The molecular formula is C19H19BrN4O3S. The maximum Gasteiger partial charge on any atom is 0.269 e. The fourth-order valence-electron chi connectivity index (χ4n) is 3.40. The van der Waals surface area contributed by atoms with Crippen molar-refractivity contribution in [3.8, 4) is 0 Å². The van der Waals surface area contributed by atoms with Crippen LogP contribution in [-0.2, 0) is 16.6 Å². The summed E-state index contributed by atoms with van der Waals surface area (Å²) in [4.78, 5) is 20.0. The summed E-state index contributed by atoms with van der Waals surface area (Å²) in [5.41, 5.74) is 1.50. The van der Waals surface area contributed by atoms with E-state index in [1.54, 1.807) is 30.6 Å². The summed E-state index contributed by atoms with van der Waals surface area (Å²) in [6.07, 6.45) is 4.97. The Morgan fingerprint density at radius 3 is 2.75 bits per heavy atom. The van der Waals surface area contributed by atoms with Crippen LogP contribution in [0.4, 0.5) is 0 Å². The van der Waals surface area contributed by atoms with Crippen LogP contribution in [0.3, 0.4) is 0 Å². The number of benzene rings is 1. The van der Waals surface area contributed by atoms with Crippen LogP contribution in [-0.4, -0.2) is 41.7 Å². The first-order valence-electron chi connectivity index (χ1n) is 8.95. The number of amides is 1. The van der Waals surface area contributed by atoms with Crippen LogP contribution in [0.2, 0.25) is 0 Å². The van der Waals surface area contributed by atoms with Gasteiger partial charge in [0.15, 0.2) is 0 Å². The highest BCUT2D eigenvalue weighted by atomic mass is 79.9. The Bertz CT molecular complexity index is 1120. The maximum atomic E-state index is 13.3. The Morgan fingerprint density at radius 1 is 1.25 bits per heavy atom. The summed E-state index contributed by atoms with van der Waals surface area (Å²) < 4.78 is 28.8. The first-order chi connectivity index (χ1) is 13.5. The van der Waals surface area contributed by atoms with E-state index in [2.05, 4.69) is 31.2 Å². The minimum atomic E-state index is -3.79. The lowest BCUT2D eigenvalue weighted by Crippen LogP contribution is -2.31. The van der Waals surface area contributed by atoms with E-state index in [0.29, 0.717) is 24.0 Å². The maximum absolute atomic E-state index is 13.3. The van der Waals surface area contributed by atoms with Gasteiger partial charge in [0.25, 0.3) is 5.91 Å². The van der Waals surface area contributed by atoms with Gasteiger partial charge >= 0.3 is 0 Å². The lowest BCUT2D eigenvalue weighted by atomic mass is 10.2. The molecule has 0 saturated carbocycles. The molecule has 0 spiro atoms. The number of fused-ring (bicyclic) bond motifs is 1. The van der Waals surface area contributed by atoms with Crippen LogP contribution in [0.25, 0.3) is 10.9 Å². The van der Waals surface area contributed by atoms with E-state index >= 15 is 0 Å². The number of hydrogen-bond acceptors (Lipinski definition) is 4. The smallest absolute Gasteiger partial charge is 0.269 e. The van der Waals surface area contributed by atoms with Crippen LogP contribution in [0.15, 0.2) is 52.1 Å². The van der Waals surface area contributed by atoms with Crippen LogP contribution in [0.5, 0.6) is 0 Å². The zero-order valence-corrected chi connectivity index (χ0v) is 17.4. The molecule has 0 radical (unpaired) electrons. The van der Waals surface area contributed by atoms with Crippen LogP contribution in [0, 0.1) is 0 Å². The summed E-state index contributed by atoms with van der Waals surface area (Å²) in [6.45, 7) is 1.20. The van der Waals surface area contributed by atoms with Crippen molar-refractivity contribution in [1.82, 2.24) is 19.6 Å². The van der Waals surface area contributed by atoms with Crippen molar-refractivity contribution in [2.75, 3.05) is 13.1 Å². The largest absolute Gasteiger partial charge is 0.349 e. The van der Waals surface area contributed by atoms with Gasteiger partial charge < -0.3 is 10.3 Å². The second-order valence-corrected chi connectivity index (χ2v) is 9.46. The zero-order chi connectivity index (χ0) is 19.7.